The number of piperidine rings is 1. The molecule has 1 fully saturated rings. The third-order valence-corrected chi connectivity index (χ3v) is 7.69. The number of carbonyl (C=O) groups excluding carboxylic acids is 2. The summed E-state index contributed by atoms with van der Waals surface area (Å²) in [6.45, 7) is 0.928. The van der Waals surface area contributed by atoms with E-state index in [1.165, 1.54) is 34.6 Å². The minimum Gasteiger partial charge on any atom is -0.423 e. The van der Waals surface area contributed by atoms with Crippen molar-refractivity contribution in [3.63, 3.8) is 0 Å². The number of hydrogen-bond acceptors (Lipinski definition) is 5. The van der Waals surface area contributed by atoms with E-state index in [9.17, 15) is 18.0 Å². The Morgan fingerprint density at radius 2 is 1.56 bits per heavy atom. The van der Waals surface area contributed by atoms with Crippen LogP contribution in [0.1, 0.15) is 40.0 Å². The molecule has 0 radical (unpaired) electrons. The quantitative estimate of drug-likeness (QED) is 0.382. The zero-order valence-electron chi connectivity index (χ0n) is 18.2. The summed E-state index contributed by atoms with van der Waals surface area (Å²) >= 11 is 6.21. The zero-order chi connectivity index (χ0) is 24.1. The second kappa shape index (κ2) is 10.4. The summed E-state index contributed by atoms with van der Waals surface area (Å²) in [5.41, 5.74) is 0.781. The largest absolute Gasteiger partial charge is 0.423 e. The van der Waals surface area contributed by atoms with Crippen LogP contribution in [-0.2, 0) is 10.0 Å². The molecular weight excluding hydrogens is 476 g/mol. The number of rotatable bonds is 6. The molecule has 34 heavy (non-hydrogen) atoms. The molecule has 0 aliphatic carbocycles. The smallest absolute Gasteiger partial charge is 0.343 e. The Labute approximate surface area is 203 Å². The fourth-order valence-electron chi connectivity index (χ4n) is 3.64. The van der Waals surface area contributed by atoms with Gasteiger partial charge in [-0.25, -0.2) is 13.2 Å². The van der Waals surface area contributed by atoms with E-state index in [4.69, 9.17) is 16.3 Å². The summed E-state index contributed by atoms with van der Waals surface area (Å²) in [6, 6.07) is 19.0. The van der Waals surface area contributed by atoms with Crippen molar-refractivity contribution in [3.05, 3.63) is 88.9 Å². The van der Waals surface area contributed by atoms with Gasteiger partial charge in [0.05, 0.1) is 21.0 Å². The topological polar surface area (TPSA) is 92.8 Å². The molecule has 0 unspecified atom stereocenters. The van der Waals surface area contributed by atoms with E-state index >= 15 is 0 Å². The van der Waals surface area contributed by atoms with E-state index in [1.807, 2.05) is 6.07 Å². The van der Waals surface area contributed by atoms with Crippen molar-refractivity contribution in [1.29, 1.82) is 0 Å². The van der Waals surface area contributed by atoms with E-state index < -0.39 is 21.9 Å². The third kappa shape index (κ3) is 5.47. The molecule has 1 aliphatic rings. The van der Waals surface area contributed by atoms with Gasteiger partial charge in [0.1, 0.15) is 5.75 Å². The molecule has 4 rings (SSSR count). The Morgan fingerprint density at radius 3 is 2.24 bits per heavy atom. The number of halogens is 1. The Kier molecular flexibility index (Phi) is 7.31. The Hall–Kier alpha value is -3.20. The van der Waals surface area contributed by atoms with E-state index in [-0.39, 0.29) is 15.5 Å². The predicted octanol–water partition coefficient (Wildman–Crippen LogP) is 4.99. The first-order valence-corrected chi connectivity index (χ1v) is 12.6. The lowest BCUT2D eigenvalue weighted by Crippen LogP contribution is -2.35. The number of benzene rings is 3. The van der Waals surface area contributed by atoms with Crippen LogP contribution in [0.15, 0.2) is 77.7 Å². The molecule has 0 aromatic heterocycles. The molecule has 0 spiro atoms. The van der Waals surface area contributed by atoms with Crippen molar-refractivity contribution in [2.24, 2.45) is 0 Å². The zero-order valence-corrected chi connectivity index (χ0v) is 19.8. The number of hydrogen-bond donors (Lipinski definition) is 1. The second-order valence-corrected chi connectivity index (χ2v) is 10.2. The lowest BCUT2D eigenvalue weighted by molar-refractivity contribution is 0.0734. The van der Waals surface area contributed by atoms with Crippen molar-refractivity contribution in [2.45, 2.75) is 24.2 Å². The van der Waals surface area contributed by atoms with Gasteiger partial charge in [0.25, 0.3) is 5.91 Å². The molecule has 0 bridgehead atoms. The molecular formula is C25H23ClN2O5S. The molecule has 9 heteroatoms. The summed E-state index contributed by atoms with van der Waals surface area (Å²) in [6.07, 6.45) is 2.63. The molecule has 7 nitrogen and oxygen atoms in total. The van der Waals surface area contributed by atoms with Gasteiger partial charge in [-0.1, -0.05) is 36.2 Å². The van der Waals surface area contributed by atoms with Crippen molar-refractivity contribution in [2.75, 3.05) is 18.4 Å². The highest BCUT2D eigenvalue weighted by Crippen LogP contribution is 2.26. The fourth-order valence-corrected chi connectivity index (χ4v) is 5.38. The lowest BCUT2D eigenvalue weighted by atomic mass is 10.2. The number of ether oxygens (including phenoxy) is 1. The molecule has 1 heterocycles. The van der Waals surface area contributed by atoms with Gasteiger partial charge in [-0.3, -0.25) is 4.79 Å². The van der Waals surface area contributed by atoms with Gasteiger partial charge in [0.2, 0.25) is 10.0 Å². The monoisotopic (exact) mass is 498 g/mol. The molecule has 0 saturated carbocycles. The van der Waals surface area contributed by atoms with Crippen molar-refractivity contribution >= 4 is 39.2 Å². The number of para-hydroxylation sites is 1. The standard InChI is InChI=1S/C25H23ClN2O5S/c26-23-14-13-21(34(31,32)28-15-5-2-6-16-28)17-22(23)24(29)27-19-11-9-18(10-12-19)25(30)33-20-7-3-1-4-8-20/h1,3-4,7-14,17H,2,5-6,15-16H2,(H,27,29). The normalized spacial score (nSPS) is 14.4. The minimum absolute atomic E-state index is 0.0305. The molecule has 1 aliphatic heterocycles. The van der Waals surface area contributed by atoms with Gasteiger partial charge < -0.3 is 10.1 Å². The average Bonchev–Trinajstić information content (AvgIpc) is 2.85. The highest BCUT2D eigenvalue weighted by Gasteiger charge is 2.27. The van der Waals surface area contributed by atoms with E-state index in [1.54, 1.807) is 36.4 Å². The van der Waals surface area contributed by atoms with Gasteiger partial charge in [-0.15, -0.1) is 0 Å². The first kappa shape index (κ1) is 23.9. The number of amides is 1. The van der Waals surface area contributed by atoms with Gasteiger partial charge in [0, 0.05) is 18.8 Å². The molecule has 1 amide bonds. The van der Waals surface area contributed by atoms with Gasteiger partial charge in [-0.05, 0) is 67.4 Å². The van der Waals surface area contributed by atoms with Crippen LogP contribution in [0.25, 0.3) is 0 Å². The van der Waals surface area contributed by atoms with Crippen LogP contribution < -0.4 is 10.1 Å². The highest BCUT2D eigenvalue weighted by molar-refractivity contribution is 7.89. The lowest BCUT2D eigenvalue weighted by Gasteiger charge is -2.26. The van der Waals surface area contributed by atoms with Crippen LogP contribution in [0.4, 0.5) is 5.69 Å². The summed E-state index contributed by atoms with van der Waals surface area (Å²) in [7, 11) is -3.71. The van der Waals surface area contributed by atoms with Crippen molar-refractivity contribution in [3.8, 4) is 5.75 Å². The van der Waals surface area contributed by atoms with E-state index in [0.717, 1.165) is 19.3 Å². The van der Waals surface area contributed by atoms with Crippen molar-refractivity contribution < 1.29 is 22.7 Å². The highest BCUT2D eigenvalue weighted by atomic mass is 35.5. The van der Waals surface area contributed by atoms with E-state index in [2.05, 4.69) is 5.32 Å². The Morgan fingerprint density at radius 1 is 0.882 bits per heavy atom. The molecule has 3 aromatic carbocycles. The maximum absolute atomic E-state index is 13.0. The van der Waals surface area contributed by atoms with Crippen LogP contribution in [-0.4, -0.2) is 37.7 Å². The number of sulfonamides is 1. The van der Waals surface area contributed by atoms with Crippen molar-refractivity contribution in [1.82, 2.24) is 4.31 Å². The van der Waals surface area contributed by atoms with Gasteiger partial charge in [0.15, 0.2) is 0 Å². The predicted molar refractivity (Wildman–Crippen MR) is 130 cm³/mol. The van der Waals surface area contributed by atoms with E-state index in [0.29, 0.717) is 30.1 Å². The Bertz CT molecular complexity index is 1290. The summed E-state index contributed by atoms with van der Waals surface area (Å²) in [4.78, 5) is 25.2. The van der Waals surface area contributed by atoms with Gasteiger partial charge in [-0.2, -0.15) is 4.31 Å². The number of nitrogens with one attached hydrogen (secondary N) is 1. The van der Waals surface area contributed by atoms with Crippen LogP contribution in [0.3, 0.4) is 0 Å². The first-order valence-electron chi connectivity index (χ1n) is 10.8. The van der Waals surface area contributed by atoms with Crippen LogP contribution in [0.5, 0.6) is 5.75 Å². The first-order chi connectivity index (χ1) is 16.3. The van der Waals surface area contributed by atoms with Crippen LogP contribution in [0, 0.1) is 0 Å². The number of nitrogens with zero attached hydrogens (tertiary/aromatic N) is 1. The summed E-state index contributed by atoms with van der Waals surface area (Å²) in [5.74, 6) is -0.651. The maximum Gasteiger partial charge on any atom is 0.343 e. The fraction of sp³-hybridized carbons (Fsp3) is 0.200. The average molecular weight is 499 g/mol. The minimum atomic E-state index is -3.71. The number of anilines is 1. The molecule has 3 aromatic rings. The summed E-state index contributed by atoms with van der Waals surface area (Å²) < 4.78 is 32.7. The molecule has 1 N–H and O–H groups in total. The number of carbonyl (C=O) groups is 2. The maximum atomic E-state index is 13.0. The SMILES string of the molecule is O=C(Oc1ccccc1)c1ccc(NC(=O)c2cc(S(=O)(=O)N3CCCCC3)ccc2Cl)cc1. The summed E-state index contributed by atoms with van der Waals surface area (Å²) in [5, 5.41) is 2.83. The van der Waals surface area contributed by atoms with Crippen LogP contribution in [0.2, 0.25) is 5.02 Å². The molecule has 0 atom stereocenters. The number of esters is 1. The third-order valence-electron chi connectivity index (χ3n) is 5.47. The second-order valence-electron chi connectivity index (χ2n) is 7.84. The van der Waals surface area contributed by atoms with Gasteiger partial charge >= 0.3 is 5.97 Å². The Balaban J connectivity index is 1.47. The van der Waals surface area contributed by atoms with Crippen LogP contribution >= 0.6 is 11.6 Å². The molecule has 1 saturated heterocycles. The molecule has 176 valence electrons.